The molecule has 0 atom stereocenters. The zero-order valence-corrected chi connectivity index (χ0v) is 19.8. The molecular weight excluding hydrogens is 560 g/mol. The third-order valence-electron chi connectivity index (χ3n) is 4.05. The van der Waals surface area contributed by atoms with Crippen molar-refractivity contribution < 1.29 is 4.74 Å². The zero-order chi connectivity index (χ0) is 20.8. The van der Waals surface area contributed by atoms with E-state index in [0.717, 1.165) is 24.5 Å². The number of ether oxygens (including phenoxy) is 1. The molecule has 0 bridgehead atoms. The van der Waals surface area contributed by atoms with E-state index in [1.54, 1.807) is 24.3 Å². The Balaban J connectivity index is 1.85. The Morgan fingerprint density at radius 3 is 2.24 bits per heavy atom. The monoisotopic (exact) mass is 570 g/mol. The fourth-order valence-electron chi connectivity index (χ4n) is 2.64. The van der Waals surface area contributed by atoms with Crippen LogP contribution in [0.25, 0.3) is 11.6 Å². The van der Waals surface area contributed by atoms with E-state index >= 15 is 0 Å². The standard InChI is InChI=1S/C23H13Br3N2O/c24-20-6-4-15(5-7-20)14-29-23-21(25)10-17(11-22(23)26)9-19(13-28)18-3-1-2-16(8-18)12-27/h1-11H,14H2. The molecule has 0 aliphatic carbocycles. The first kappa shape index (κ1) is 21.3. The average Bonchev–Trinajstić information content (AvgIpc) is 2.72. The Kier molecular flexibility index (Phi) is 7.28. The molecular formula is C23H13Br3N2O. The van der Waals surface area contributed by atoms with Crippen LogP contribution < -0.4 is 4.74 Å². The smallest absolute Gasteiger partial charge is 0.148 e. The molecule has 3 rings (SSSR count). The lowest BCUT2D eigenvalue weighted by molar-refractivity contribution is 0.302. The van der Waals surface area contributed by atoms with E-state index in [4.69, 9.17) is 10.00 Å². The Morgan fingerprint density at radius 1 is 0.931 bits per heavy atom. The van der Waals surface area contributed by atoms with E-state index in [-0.39, 0.29) is 0 Å². The summed E-state index contributed by atoms with van der Waals surface area (Å²) < 4.78 is 8.54. The molecule has 0 aliphatic rings. The Bertz CT molecular complexity index is 1130. The van der Waals surface area contributed by atoms with Crippen LogP contribution in [0.3, 0.4) is 0 Å². The molecule has 0 aliphatic heterocycles. The summed E-state index contributed by atoms with van der Waals surface area (Å²) in [6.45, 7) is 0.435. The summed E-state index contributed by atoms with van der Waals surface area (Å²) in [5, 5.41) is 18.6. The molecule has 3 aromatic rings. The number of allylic oxidation sites excluding steroid dienone is 1. The van der Waals surface area contributed by atoms with E-state index in [0.29, 0.717) is 29.1 Å². The van der Waals surface area contributed by atoms with Gasteiger partial charge in [-0.15, -0.1) is 0 Å². The molecule has 6 heteroatoms. The minimum absolute atomic E-state index is 0.435. The van der Waals surface area contributed by atoms with Gasteiger partial charge in [-0.2, -0.15) is 10.5 Å². The van der Waals surface area contributed by atoms with E-state index in [1.807, 2.05) is 42.5 Å². The largest absolute Gasteiger partial charge is 0.487 e. The van der Waals surface area contributed by atoms with Gasteiger partial charge in [0.05, 0.1) is 32.2 Å². The van der Waals surface area contributed by atoms with Crippen LogP contribution in [0.5, 0.6) is 5.75 Å². The highest BCUT2D eigenvalue weighted by Gasteiger charge is 2.10. The first-order chi connectivity index (χ1) is 14.0. The molecule has 0 saturated heterocycles. The molecule has 0 fully saturated rings. The van der Waals surface area contributed by atoms with Crippen molar-refractivity contribution in [1.82, 2.24) is 0 Å². The topological polar surface area (TPSA) is 56.8 Å². The molecule has 29 heavy (non-hydrogen) atoms. The molecule has 0 N–H and O–H groups in total. The van der Waals surface area contributed by atoms with Crippen molar-refractivity contribution in [2.45, 2.75) is 6.61 Å². The van der Waals surface area contributed by atoms with Crippen LogP contribution in [0.1, 0.15) is 22.3 Å². The minimum Gasteiger partial charge on any atom is -0.487 e. The lowest BCUT2D eigenvalue weighted by atomic mass is 10.0. The van der Waals surface area contributed by atoms with Crippen molar-refractivity contribution in [1.29, 1.82) is 10.5 Å². The van der Waals surface area contributed by atoms with Crippen molar-refractivity contribution in [3.8, 4) is 17.9 Å². The molecule has 0 amide bonds. The predicted molar refractivity (Wildman–Crippen MR) is 125 cm³/mol. The SMILES string of the molecule is N#CC(=Cc1cc(Br)c(OCc2ccc(Br)cc2)c(Br)c1)c1cccc(C#N)c1. The molecule has 142 valence electrons. The molecule has 0 spiro atoms. The van der Waals surface area contributed by atoms with Gasteiger partial charge in [0.2, 0.25) is 0 Å². The van der Waals surface area contributed by atoms with Gasteiger partial charge in [0.15, 0.2) is 0 Å². The van der Waals surface area contributed by atoms with Crippen LogP contribution in [-0.2, 0) is 6.61 Å². The second-order valence-corrected chi connectivity index (χ2v) is 8.72. The van der Waals surface area contributed by atoms with Crippen LogP contribution in [-0.4, -0.2) is 0 Å². The number of hydrogen-bond acceptors (Lipinski definition) is 3. The van der Waals surface area contributed by atoms with Crippen LogP contribution in [0.2, 0.25) is 0 Å². The summed E-state index contributed by atoms with van der Waals surface area (Å²) in [6.07, 6.45) is 1.78. The van der Waals surface area contributed by atoms with Crippen LogP contribution in [0.15, 0.2) is 74.1 Å². The van der Waals surface area contributed by atoms with Gasteiger partial charge in [-0.3, -0.25) is 0 Å². The first-order valence-electron chi connectivity index (χ1n) is 8.49. The highest BCUT2D eigenvalue weighted by atomic mass is 79.9. The molecule has 3 nitrogen and oxygen atoms in total. The van der Waals surface area contributed by atoms with Gasteiger partial charge < -0.3 is 4.74 Å². The minimum atomic E-state index is 0.435. The van der Waals surface area contributed by atoms with Crippen molar-refractivity contribution in [3.05, 3.63) is 96.3 Å². The van der Waals surface area contributed by atoms with Crippen LogP contribution in [0, 0.1) is 22.7 Å². The second-order valence-electron chi connectivity index (χ2n) is 6.09. The maximum Gasteiger partial charge on any atom is 0.148 e. The Morgan fingerprint density at radius 2 is 1.62 bits per heavy atom. The summed E-state index contributed by atoms with van der Waals surface area (Å²) in [5.74, 6) is 0.690. The third-order valence-corrected chi connectivity index (χ3v) is 5.76. The van der Waals surface area contributed by atoms with Crippen molar-refractivity contribution >= 4 is 59.4 Å². The van der Waals surface area contributed by atoms with Gasteiger partial charge in [-0.1, -0.05) is 40.2 Å². The normalized spacial score (nSPS) is 10.9. The number of rotatable bonds is 5. The maximum absolute atomic E-state index is 9.57. The molecule has 0 unspecified atom stereocenters. The van der Waals surface area contributed by atoms with Crippen LogP contribution >= 0.6 is 47.8 Å². The second kappa shape index (κ2) is 9.89. The van der Waals surface area contributed by atoms with Gasteiger partial charge in [0, 0.05) is 4.47 Å². The van der Waals surface area contributed by atoms with Gasteiger partial charge in [-0.25, -0.2) is 0 Å². The molecule has 0 aromatic heterocycles. The number of hydrogen-bond donors (Lipinski definition) is 0. The summed E-state index contributed by atoms with van der Waals surface area (Å²) in [6, 6.07) is 23.0. The quantitative estimate of drug-likeness (QED) is 0.235. The highest BCUT2D eigenvalue weighted by molar-refractivity contribution is 9.11. The zero-order valence-electron chi connectivity index (χ0n) is 15.0. The van der Waals surface area contributed by atoms with E-state index in [9.17, 15) is 5.26 Å². The number of halogens is 3. The lowest BCUT2D eigenvalue weighted by Crippen LogP contribution is -1.97. The van der Waals surface area contributed by atoms with Crippen molar-refractivity contribution in [2.75, 3.05) is 0 Å². The number of nitrogens with zero attached hydrogens (tertiary/aromatic N) is 2. The maximum atomic E-state index is 9.57. The predicted octanol–water partition coefficient (Wildman–Crippen LogP) is 7.49. The van der Waals surface area contributed by atoms with Gasteiger partial charge in [-0.05, 0) is 91.0 Å². The van der Waals surface area contributed by atoms with Gasteiger partial charge in [0.1, 0.15) is 12.4 Å². The summed E-state index contributed by atoms with van der Waals surface area (Å²) in [7, 11) is 0. The average molecular weight is 573 g/mol. The highest BCUT2D eigenvalue weighted by Crippen LogP contribution is 2.36. The van der Waals surface area contributed by atoms with Crippen molar-refractivity contribution in [3.63, 3.8) is 0 Å². The molecule has 0 heterocycles. The molecule has 3 aromatic carbocycles. The summed E-state index contributed by atoms with van der Waals surface area (Å²) in [4.78, 5) is 0. The van der Waals surface area contributed by atoms with E-state index in [2.05, 4.69) is 59.9 Å². The number of nitriles is 2. The first-order valence-corrected chi connectivity index (χ1v) is 10.9. The van der Waals surface area contributed by atoms with E-state index < -0.39 is 0 Å². The van der Waals surface area contributed by atoms with Crippen molar-refractivity contribution in [2.24, 2.45) is 0 Å². The Hall–Kier alpha value is -2.38. The fourth-order valence-corrected chi connectivity index (χ4v) is 4.36. The summed E-state index contributed by atoms with van der Waals surface area (Å²) in [5.41, 5.74) is 3.58. The van der Waals surface area contributed by atoms with Crippen LogP contribution in [0.4, 0.5) is 0 Å². The third kappa shape index (κ3) is 5.58. The van der Waals surface area contributed by atoms with E-state index in [1.165, 1.54) is 0 Å². The molecule has 0 saturated carbocycles. The molecule has 0 radical (unpaired) electrons. The Labute approximate surface area is 194 Å². The summed E-state index contributed by atoms with van der Waals surface area (Å²) >= 11 is 10.5. The lowest BCUT2D eigenvalue weighted by Gasteiger charge is -2.12. The van der Waals surface area contributed by atoms with Gasteiger partial charge in [0.25, 0.3) is 0 Å². The fraction of sp³-hybridized carbons (Fsp3) is 0.0435. The van der Waals surface area contributed by atoms with Gasteiger partial charge >= 0.3 is 0 Å². The number of benzene rings is 3.